The second-order valence-electron chi connectivity index (χ2n) is 6.33. The van der Waals surface area contributed by atoms with Crippen molar-refractivity contribution in [1.82, 2.24) is 15.5 Å². The van der Waals surface area contributed by atoms with Crippen LogP contribution in [-0.4, -0.2) is 48.7 Å². The van der Waals surface area contributed by atoms with Crippen molar-refractivity contribution >= 4 is 5.96 Å². The van der Waals surface area contributed by atoms with Gasteiger partial charge in [0.1, 0.15) is 0 Å². The van der Waals surface area contributed by atoms with Gasteiger partial charge in [0.15, 0.2) is 17.5 Å². The number of unbranched alkanes of at least 4 members (excludes halogenated alkanes) is 1. The highest BCUT2D eigenvalue weighted by molar-refractivity contribution is 5.79. The SMILES string of the molecule is CCCCN1CCC(NC(=NC)NCc2ccc(O)c(F)c2)CC1. The van der Waals surface area contributed by atoms with Gasteiger partial charge in [0.05, 0.1) is 0 Å². The number of guanidine groups is 1. The first-order valence-electron chi connectivity index (χ1n) is 8.79. The second-order valence-corrected chi connectivity index (χ2v) is 6.33. The van der Waals surface area contributed by atoms with Crippen LogP contribution < -0.4 is 10.6 Å². The zero-order valence-corrected chi connectivity index (χ0v) is 14.7. The van der Waals surface area contributed by atoms with Crippen molar-refractivity contribution in [3.8, 4) is 5.75 Å². The summed E-state index contributed by atoms with van der Waals surface area (Å²) in [5.74, 6) is -0.191. The lowest BCUT2D eigenvalue weighted by molar-refractivity contribution is 0.203. The van der Waals surface area contributed by atoms with E-state index in [4.69, 9.17) is 0 Å². The van der Waals surface area contributed by atoms with Gasteiger partial charge in [0.2, 0.25) is 0 Å². The third-order valence-electron chi connectivity index (χ3n) is 4.45. The molecule has 3 N–H and O–H groups in total. The molecule has 1 aromatic rings. The predicted octanol–water partition coefficient (Wildman–Crippen LogP) is 2.46. The summed E-state index contributed by atoms with van der Waals surface area (Å²) < 4.78 is 13.4. The number of halogens is 1. The highest BCUT2D eigenvalue weighted by Gasteiger charge is 2.19. The lowest BCUT2D eigenvalue weighted by Crippen LogP contribution is -2.48. The Morgan fingerprint density at radius 2 is 2.12 bits per heavy atom. The molecule has 0 spiro atoms. The summed E-state index contributed by atoms with van der Waals surface area (Å²) in [7, 11) is 1.74. The van der Waals surface area contributed by atoms with Crippen LogP contribution >= 0.6 is 0 Å². The van der Waals surface area contributed by atoms with Crippen LogP contribution in [0.4, 0.5) is 4.39 Å². The number of hydrogen-bond acceptors (Lipinski definition) is 3. The summed E-state index contributed by atoms with van der Waals surface area (Å²) in [5.41, 5.74) is 0.766. The molecule has 0 aliphatic carbocycles. The van der Waals surface area contributed by atoms with Crippen molar-refractivity contribution in [3.05, 3.63) is 29.6 Å². The maximum absolute atomic E-state index is 13.4. The lowest BCUT2D eigenvalue weighted by Gasteiger charge is -2.33. The van der Waals surface area contributed by atoms with Gasteiger partial charge in [-0.25, -0.2) is 4.39 Å². The summed E-state index contributed by atoms with van der Waals surface area (Å²) >= 11 is 0. The first-order chi connectivity index (χ1) is 11.6. The predicted molar refractivity (Wildman–Crippen MR) is 95.8 cm³/mol. The van der Waals surface area contributed by atoms with Crippen LogP contribution in [0.3, 0.4) is 0 Å². The minimum Gasteiger partial charge on any atom is -0.505 e. The van der Waals surface area contributed by atoms with Crippen molar-refractivity contribution in [2.45, 2.75) is 45.2 Å². The highest BCUT2D eigenvalue weighted by Crippen LogP contribution is 2.16. The zero-order valence-electron chi connectivity index (χ0n) is 14.7. The van der Waals surface area contributed by atoms with E-state index in [1.54, 1.807) is 13.1 Å². The van der Waals surface area contributed by atoms with Crippen molar-refractivity contribution in [2.75, 3.05) is 26.7 Å². The minimum absolute atomic E-state index is 0.323. The summed E-state index contributed by atoms with van der Waals surface area (Å²) in [4.78, 5) is 6.77. The molecule has 1 aliphatic heterocycles. The molecule has 0 amide bonds. The first kappa shape index (κ1) is 18.5. The molecule has 0 aromatic heterocycles. The van der Waals surface area contributed by atoms with Crippen LogP contribution in [0.2, 0.25) is 0 Å². The van der Waals surface area contributed by atoms with E-state index >= 15 is 0 Å². The third-order valence-corrected chi connectivity index (χ3v) is 4.45. The number of nitrogens with zero attached hydrogens (tertiary/aromatic N) is 2. The maximum Gasteiger partial charge on any atom is 0.191 e. The molecule has 0 atom stereocenters. The molecule has 1 fully saturated rings. The van der Waals surface area contributed by atoms with Gasteiger partial charge >= 0.3 is 0 Å². The van der Waals surface area contributed by atoms with Crippen LogP contribution in [-0.2, 0) is 6.54 Å². The number of nitrogens with one attached hydrogen (secondary N) is 2. The summed E-state index contributed by atoms with van der Waals surface area (Å²) in [6.45, 7) is 6.13. The van der Waals surface area contributed by atoms with Crippen LogP contribution in [0.15, 0.2) is 23.2 Å². The van der Waals surface area contributed by atoms with E-state index < -0.39 is 5.82 Å². The van der Waals surface area contributed by atoms with Crippen molar-refractivity contribution < 1.29 is 9.50 Å². The molecule has 1 aromatic carbocycles. The van der Waals surface area contributed by atoms with E-state index in [1.165, 1.54) is 31.5 Å². The average Bonchev–Trinajstić information content (AvgIpc) is 2.60. The number of rotatable bonds is 6. The lowest BCUT2D eigenvalue weighted by atomic mass is 10.0. The molecule has 0 unspecified atom stereocenters. The number of piperidine rings is 1. The van der Waals surface area contributed by atoms with Crippen molar-refractivity contribution in [2.24, 2.45) is 4.99 Å². The molecular weight excluding hydrogens is 307 g/mol. The fourth-order valence-corrected chi connectivity index (χ4v) is 2.92. The van der Waals surface area contributed by atoms with E-state index in [0.29, 0.717) is 12.6 Å². The van der Waals surface area contributed by atoms with Gasteiger partial charge in [-0.15, -0.1) is 0 Å². The first-order valence-corrected chi connectivity index (χ1v) is 8.79. The minimum atomic E-state index is -0.600. The molecule has 0 bridgehead atoms. The largest absolute Gasteiger partial charge is 0.505 e. The number of likely N-dealkylation sites (tertiary alicyclic amines) is 1. The Hall–Kier alpha value is -1.82. The Bertz CT molecular complexity index is 542. The van der Waals surface area contributed by atoms with E-state index in [2.05, 4.69) is 27.4 Å². The van der Waals surface area contributed by atoms with E-state index in [-0.39, 0.29) is 5.75 Å². The Kier molecular flexibility index (Phi) is 7.31. The second kappa shape index (κ2) is 9.47. The number of benzene rings is 1. The molecule has 2 rings (SSSR count). The molecule has 6 heteroatoms. The molecule has 1 aliphatic rings. The van der Waals surface area contributed by atoms with E-state index in [9.17, 15) is 9.50 Å². The summed E-state index contributed by atoms with van der Waals surface area (Å²) in [6.07, 6.45) is 4.73. The fraction of sp³-hybridized carbons (Fsp3) is 0.611. The standard InChI is InChI=1S/C18H29FN4O/c1-3-4-9-23-10-7-15(8-11-23)22-18(20-2)21-13-14-5-6-17(24)16(19)12-14/h5-6,12,15,24H,3-4,7-11,13H2,1-2H3,(H2,20,21,22). The molecular formula is C18H29FN4O. The number of phenols is 1. The van der Waals surface area contributed by atoms with Crippen LogP contribution in [0.25, 0.3) is 0 Å². The Morgan fingerprint density at radius 3 is 2.75 bits per heavy atom. The average molecular weight is 336 g/mol. The smallest absolute Gasteiger partial charge is 0.191 e. The van der Waals surface area contributed by atoms with Crippen LogP contribution in [0.5, 0.6) is 5.75 Å². The van der Waals surface area contributed by atoms with Crippen LogP contribution in [0, 0.1) is 5.82 Å². The third kappa shape index (κ3) is 5.67. The van der Waals surface area contributed by atoms with Crippen molar-refractivity contribution in [3.63, 3.8) is 0 Å². The van der Waals surface area contributed by atoms with Crippen molar-refractivity contribution in [1.29, 1.82) is 0 Å². The van der Waals surface area contributed by atoms with Gasteiger partial charge in [-0.2, -0.15) is 0 Å². The van der Waals surface area contributed by atoms with Gasteiger partial charge in [0, 0.05) is 32.7 Å². The molecule has 1 saturated heterocycles. The monoisotopic (exact) mass is 336 g/mol. The van der Waals surface area contributed by atoms with Crippen LogP contribution in [0.1, 0.15) is 38.2 Å². The highest BCUT2D eigenvalue weighted by atomic mass is 19.1. The zero-order chi connectivity index (χ0) is 17.4. The van der Waals surface area contributed by atoms with Gasteiger partial charge in [0.25, 0.3) is 0 Å². The molecule has 24 heavy (non-hydrogen) atoms. The molecule has 0 radical (unpaired) electrons. The Balaban J connectivity index is 1.75. The van der Waals surface area contributed by atoms with Gasteiger partial charge in [-0.05, 0) is 43.5 Å². The number of aliphatic imine (C=N–C) groups is 1. The Morgan fingerprint density at radius 1 is 1.38 bits per heavy atom. The van der Waals surface area contributed by atoms with Gasteiger partial charge in [-0.1, -0.05) is 19.4 Å². The molecule has 1 heterocycles. The van der Waals surface area contributed by atoms with Gasteiger partial charge in [-0.3, -0.25) is 4.99 Å². The normalized spacial score (nSPS) is 17.0. The quantitative estimate of drug-likeness (QED) is 0.552. The number of hydrogen-bond donors (Lipinski definition) is 3. The van der Waals surface area contributed by atoms with E-state index in [0.717, 1.165) is 37.5 Å². The number of aromatic hydroxyl groups is 1. The fourth-order valence-electron chi connectivity index (χ4n) is 2.92. The van der Waals surface area contributed by atoms with Gasteiger partial charge < -0.3 is 20.6 Å². The summed E-state index contributed by atoms with van der Waals surface area (Å²) in [6, 6.07) is 4.83. The maximum atomic E-state index is 13.4. The van der Waals surface area contributed by atoms with E-state index in [1.807, 2.05) is 0 Å². The topological polar surface area (TPSA) is 59.9 Å². The Labute approximate surface area is 144 Å². The molecule has 0 saturated carbocycles. The summed E-state index contributed by atoms with van der Waals surface area (Å²) in [5, 5.41) is 15.9. The number of phenolic OH excluding ortho intramolecular Hbond substituents is 1. The molecule has 134 valence electrons. The molecule has 5 nitrogen and oxygen atoms in total.